The highest BCUT2D eigenvalue weighted by atomic mass is 19.4. The van der Waals surface area contributed by atoms with Gasteiger partial charge in [0, 0.05) is 5.41 Å². The number of hydrogen-bond acceptors (Lipinski definition) is 2. The van der Waals surface area contributed by atoms with Crippen LogP contribution in [0.25, 0.3) is 0 Å². The molecule has 1 aromatic carbocycles. The highest BCUT2D eigenvalue weighted by Gasteiger charge is 2.47. The number of para-hydroxylation sites is 1. The first-order valence-corrected chi connectivity index (χ1v) is 6.13. The number of rotatable bonds is 1. The molecule has 0 radical (unpaired) electrons. The molecule has 0 unspecified atom stereocenters. The van der Waals surface area contributed by atoms with Crippen LogP contribution in [0.5, 0.6) is 0 Å². The van der Waals surface area contributed by atoms with Gasteiger partial charge in [-0.2, -0.15) is 4.84 Å². The van der Waals surface area contributed by atoms with Gasteiger partial charge < -0.3 is 0 Å². The fraction of sp³-hybridized carbons (Fsp3) is 0.538. The number of anilines is 1. The Labute approximate surface area is 103 Å². The first-order chi connectivity index (χ1) is 8.50. The van der Waals surface area contributed by atoms with Gasteiger partial charge in [0.25, 0.3) is 0 Å². The van der Waals surface area contributed by atoms with Crippen molar-refractivity contribution in [3.63, 3.8) is 0 Å². The molecule has 18 heavy (non-hydrogen) atoms. The Morgan fingerprint density at radius 1 is 1.11 bits per heavy atom. The summed E-state index contributed by atoms with van der Waals surface area (Å²) in [6, 6.07) is 7.27. The molecule has 1 fully saturated rings. The van der Waals surface area contributed by atoms with Crippen molar-refractivity contribution in [1.82, 2.24) is 0 Å². The lowest BCUT2D eigenvalue weighted by molar-refractivity contribution is -0.330. The average molecular weight is 257 g/mol. The molecule has 0 amide bonds. The van der Waals surface area contributed by atoms with Gasteiger partial charge in [-0.1, -0.05) is 31.0 Å². The van der Waals surface area contributed by atoms with Crippen LogP contribution in [0.15, 0.2) is 24.3 Å². The van der Waals surface area contributed by atoms with Crippen LogP contribution in [0.3, 0.4) is 0 Å². The molecular weight excluding hydrogens is 243 g/mol. The molecule has 2 nitrogen and oxygen atoms in total. The van der Waals surface area contributed by atoms with Crippen molar-refractivity contribution in [2.75, 3.05) is 11.6 Å². The molecule has 98 valence electrons. The number of hydrogen-bond donors (Lipinski definition) is 0. The molecule has 0 N–H and O–H groups in total. The summed E-state index contributed by atoms with van der Waals surface area (Å²) in [5.74, 6) is 0. The van der Waals surface area contributed by atoms with E-state index in [1.54, 1.807) is 12.1 Å². The first kappa shape index (κ1) is 11.8. The van der Waals surface area contributed by atoms with Crippen molar-refractivity contribution in [1.29, 1.82) is 0 Å². The van der Waals surface area contributed by atoms with E-state index in [0.717, 1.165) is 36.3 Å². The van der Waals surface area contributed by atoms with E-state index >= 15 is 0 Å². The summed E-state index contributed by atoms with van der Waals surface area (Å²) in [6.07, 6.45) is -0.580. The van der Waals surface area contributed by atoms with Crippen LogP contribution in [0.2, 0.25) is 0 Å². The van der Waals surface area contributed by atoms with Crippen molar-refractivity contribution >= 4 is 5.69 Å². The van der Waals surface area contributed by atoms with E-state index in [9.17, 15) is 13.2 Å². The zero-order valence-electron chi connectivity index (χ0n) is 9.83. The van der Waals surface area contributed by atoms with Gasteiger partial charge in [-0.25, -0.2) is 5.06 Å². The minimum absolute atomic E-state index is 0.137. The molecule has 1 spiro atoms. The van der Waals surface area contributed by atoms with Crippen LogP contribution in [-0.2, 0) is 10.3 Å². The second-order valence-corrected chi connectivity index (χ2v) is 5.08. The Hall–Kier alpha value is -1.23. The van der Waals surface area contributed by atoms with Crippen molar-refractivity contribution in [2.45, 2.75) is 37.5 Å². The molecule has 3 rings (SSSR count). The molecule has 0 bridgehead atoms. The van der Waals surface area contributed by atoms with Gasteiger partial charge in [-0.15, -0.1) is 13.2 Å². The zero-order chi connectivity index (χ0) is 12.8. The SMILES string of the molecule is FC(F)(F)ON1CC2(CCCC2)c2ccccc21. The van der Waals surface area contributed by atoms with Crippen molar-refractivity contribution in [3.8, 4) is 0 Å². The van der Waals surface area contributed by atoms with Gasteiger partial charge in [0.1, 0.15) is 0 Å². The minimum Gasteiger partial charge on any atom is -0.244 e. The summed E-state index contributed by atoms with van der Waals surface area (Å²) in [6.45, 7) is 0.311. The Morgan fingerprint density at radius 3 is 2.44 bits per heavy atom. The molecule has 5 heteroatoms. The van der Waals surface area contributed by atoms with Gasteiger partial charge >= 0.3 is 6.36 Å². The number of nitrogens with zero attached hydrogens (tertiary/aromatic N) is 1. The molecule has 0 saturated heterocycles. The van der Waals surface area contributed by atoms with Crippen LogP contribution >= 0.6 is 0 Å². The molecule has 0 atom stereocenters. The van der Waals surface area contributed by atoms with E-state index in [2.05, 4.69) is 4.84 Å². The lowest BCUT2D eigenvalue weighted by Gasteiger charge is -2.25. The van der Waals surface area contributed by atoms with E-state index in [1.165, 1.54) is 0 Å². The number of fused-ring (bicyclic) bond motifs is 2. The number of alkyl halides is 3. The van der Waals surface area contributed by atoms with Crippen LogP contribution < -0.4 is 5.06 Å². The van der Waals surface area contributed by atoms with Crippen LogP contribution in [0.1, 0.15) is 31.2 Å². The molecule has 1 aliphatic heterocycles. The van der Waals surface area contributed by atoms with E-state index in [4.69, 9.17) is 0 Å². The van der Waals surface area contributed by atoms with E-state index < -0.39 is 6.36 Å². The molecular formula is C13H14F3NO. The molecule has 2 aliphatic rings. The average Bonchev–Trinajstić information content (AvgIpc) is 2.86. The van der Waals surface area contributed by atoms with E-state index in [-0.39, 0.29) is 5.41 Å². The molecule has 1 heterocycles. The lowest BCUT2D eigenvalue weighted by atomic mass is 9.81. The minimum atomic E-state index is -4.63. The molecule has 0 aromatic heterocycles. The van der Waals surface area contributed by atoms with Crippen molar-refractivity contribution in [3.05, 3.63) is 29.8 Å². The normalized spacial score (nSPS) is 21.6. The van der Waals surface area contributed by atoms with Gasteiger partial charge in [0.15, 0.2) is 0 Å². The third-order valence-electron chi connectivity index (χ3n) is 3.96. The Morgan fingerprint density at radius 2 is 1.78 bits per heavy atom. The highest BCUT2D eigenvalue weighted by Crippen LogP contribution is 2.50. The maximum absolute atomic E-state index is 12.4. The number of benzene rings is 1. The highest BCUT2D eigenvalue weighted by molar-refractivity contribution is 5.61. The first-order valence-electron chi connectivity index (χ1n) is 6.13. The summed E-state index contributed by atoms with van der Waals surface area (Å²) in [5.41, 5.74) is 1.44. The Kier molecular flexibility index (Phi) is 2.55. The smallest absolute Gasteiger partial charge is 0.244 e. The summed E-state index contributed by atoms with van der Waals surface area (Å²) in [5, 5.41) is 1.01. The second-order valence-electron chi connectivity index (χ2n) is 5.08. The zero-order valence-corrected chi connectivity index (χ0v) is 9.83. The molecule has 1 aliphatic carbocycles. The predicted octanol–water partition coefficient (Wildman–Crippen LogP) is 3.77. The summed E-state index contributed by atoms with van der Waals surface area (Å²) >= 11 is 0. The topological polar surface area (TPSA) is 12.5 Å². The van der Waals surface area contributed by atoms with Gasteiger partial charge in [0.2, 0.25) is 0 Å². The Bertz CT molecular complexity index is 452. The third kappa shape index (κ3) is 1.86. The fourth-order valence-corrected chi connectivity index (χ4v) is 3.27. The monoisotopic (exact) mass is 257 g/mol. The van der Waals surface area contributed by atoms with Gasteiger partial charge in [0.05, 0.1) is 12.2 Å². The number of halogens is 3. The second kappa shape index (κ2) is 3.88. The maximum atomic E-state index is 12.4. The largest absolute Gasteiger partial charge is 0.544 e. The van der Waals surface area contributed by atoms with Crippen molar-refractivity contribution < 1.29 is 18.0 Å². The standard InChI is InChI=1S/C13H14F3NO/c14-13(15,16)18-17-9-12(7-3-4-8-12)10-5-1-2-6-11(10)17/h1-2,5-6H,3-4,7-9H2. The predicted molar refractivity (Wildman–Crippen MR) is 61.1 cm³/mol. The van der Waals surface area contributed by atoms with Crippen molar-refractivity contribution in [2.24, 2.45) is 0 Å². The van der Waals surface area contributed by atoms with Gasteiger partial charge in [-0.3, -0.25) is 0 Å². The molecule has 1 aromatic rings. The quantitative estimate of drug-likeness (QED) is 0.759. The Balaban J connectivity index is 1.97. The van der Waals surface area contributed by atoms with Crippen LogP contribution in [0.4, 0.5) is 18.9 Å². The maximum Gasteiger partial charge on any atom is 0.544 e. The number of hydroxylamine groups is 1. The summed E-state index contributed by atoms with van der Waals surface area (Å²) in [4.78, 5) is 4.15. The fourth-order valence-electron chi connectivity index (χ4n) is 3.27. The summed E-state index contributed by atoms with van der Waals surface area (Å²) < 4.78 is 37.2. The lowest BCUT2D eigenvalue weighted by Crippen LogP contribution is -2.35. The van der Waals surface area contributed by atoms with E-state index in [1.807, 2.05) is 12.1 Å². The summed E-state index contributed by atoms with van der Waals surface area (Å²) in [7, 11) is 0. The van der Waals surface area contributed by atoms with Crippen LogP contribution in [0, 0.1) is 0 Å². The van der Waals surface area contributed by atoms with Crippen LogP contribution in [-0.4, -0.2) is 12.9 Å². The molecule has 1 saturated carbocycles. The van der Waals surface area contributed by atoms with Gasteiger partial charge in [-0.05, 0) is 24.5 Å². The van der Waals surface area contributed by atoms with E-state index in [0.29, 0.717) is 12.2 Å². The third-order valence-corrected chi connectivity index (χ3v) is 3.96.